The van der Waals surface area contributed by atoms with E-state index >= 15 is 0 Å². The molecule has 0 nitrogen and oxygen atoms in total. The average molecular weight is 460 g/mol. The molecule has 0 N–H and O–H groups in total. The maximum absolute atomic E-state index is 3.17. The third-order valence-corrected chi connectivity index (χ3v) is 7.03. The molecule has 0 fully saturated rings. The van der Waals surface area contributed by atoms with E-state index in [0.29, 0.717) is 0 Å². The van der Waals surface area contributed by atoms with Crippen LogP contribution in [0.15, 0.2) is 103 Å². The van der Waals surface area contributed by atoms with Crippen LogP contribution < -0.4 is 37.7 Å². The van der Waals surface area contributed by atoms with E-state index < -0.39 is 0 Å². The van der Waals surface area contributed by atoms with Crippen LogP contribution >= 0.6 is 0 Å². The summed E-state index contributed by atoms with van der Waals surface area (Å²) in [6, 6.07) is 43.4. The summed E-state index contributed by atoms with van der Waals surface area (Å²) in [5.74, 6) is 0. The van der Waals surface area contributed by atoms with E-state index in [1.807, 2.05) is 24.3 Å². The molecule has 6 aromatic rings. The maximum Gasteiger partial charge on any atom is 1.00 e. The van der Waals surface area contributed by atoms with Crippen LogP contribution in [0.25, 0.3) is 54.9 Å². The van der Waals surface area contributed by atoms with Crippen LogP contribution in [-0.4, -0.2) is 0 Å². The van der Waals surface area contributed by atoms with Crippen LogP contribution in [0.3, 0.4) is 0 Å². The Morgan fingerprint density at radius 1 is 0.459 bits per heavy atom. The van der Waals surface area contributed by atoms with Gasteiger partial charge >= 0.3 is 37.7 Å². The van der Waals surface area contributed by atoms with E-state index in [1.165, 1.54) is 71.6 Å². The van der Waals surface area contributed by atoms with Gasteiger partial charge in [0.2, 0.25) is 0 Å². The molecule has 0 unspecified atom stereocenters. The van der Waals surface area contributed by atoms with Crippen molar-refractivity contribution in [2.75, 3.05) is 0 Å². The zero-order valence-electron chi connectivity index (χ0n) is 22.3. The first-order valence-corrected chi connectivity index (χ1v) is 12.1. The van der Waals surface area contributed by atoms with Gasteiger partial charge < -0.3 is 0 Å². The number of rotatable bonds is 3. The second kappa shape index (κ2) is 11.2. The number of aryl methyl sites for hydroxylation is 3. The van der Waals surface area contributed by atoms with Gasteiger partial charge in [-0.1, -0.05) is 54.1 Å². The fraction of sp³-hybridized carbons (Fsp3) is 0.0857. The molecule has 0 heterocycles. The molecule has 2 heteroatoms. The Balaban J connectivity index is 0.00000160. The van der Waals surface area contributed by atoms with Crippen LogP contribution in [0.2, 0.25) is 0 Å². The van der Waals surface area contributed by atoms with E-state index in [2.05, 4.69) is 112 Å². The summed E-state index contributed by atoms with van der Waals surface area (Å²) in [6.07, 6.45) is 0. The fourth-order valence-electron chi connectivity index (χ4n) is 5.65. The normalized spacial score (nSPS) is 10.7. The van der Waals surface area contributed by atoms with Gasteiger partial charge in [-0.3, -0.25) is 0 Å². The maximum atomic E-state index is 3.17. The molecule has 0 saturated heterocycles. The minimum atomic E-state index is 0. The van der Waals surface area contributed by atoms with Gasteiger partial charge in [0.15, 0.2) is 0 Å². The standard InChI is InChI=1S/C35H26.2Li/c1-23-20-24(2)34(25(3)21-23)35-30-18-10-16-28(26-12-6-4-7-13-26)32(30)22-33-29(17-11-19-31(33)35)27-14-8-5-9-15-27;;/h6-22H,1-3H3;;/q-2;2*+1. The Bertz CT molecular complexity index is 1580. The Labute approximate surface area is 244 Å². The molecule has 6 rings (SSSR count). The molecule has 0 spiro atoms. The number of fused-ring (bicyclic) bond motifs is 2. The van der Waals surface area contributed by atoms with Crippen molar-refractivity contribution in [1.29, 1.82) is 0 Å². The first-order chi connectivity index (χ1) is 17.1. The van der Waals surface area contributed by atoms with Gasteiger partial charge in [-0.05, 0) is 81.8 Å². The zero-order chi connectivity index (χ0) is 23.9. The van der Waals surface area contributed by atoms with Gasteiger partial charge in [-0.15, -0.1) is 11.1 Å². The van der Waals surface area contributed by atoms with E-state index in [4.69, 9.17) is 0 Å². The Hall–Kier alpha value is -2.97. The molecule has 168 valence electrons. The minimum absolute atomic E-state index is 0. The second-order valence-electron chi connectivity index (χ2n) is 9.40. The van der Waals surface area contributed by atoms with E-state index in [0.717, 1.165) is 0 Å². The van der Waals surface area contributed by atoms with Crippen LogP contribution in [0.4, 0.5) is 0 Å². The molecule has 37 heavy (non-hydrogen) atoms. The quantitative estimate of drug-likeness (QED) is 0.215. The zero-order valence-corrected chi connectivity index (χ0v) is 22.3. The van der Waals surface area contributed by atoms with Gasteiger partial charge in [0, 0.05) is 0 Å². The van der Waals surface area contributed by atoms with Crippen molar-refractivity contribution in [1.82, 2.24) is 0 Å². The molecule has 0 saturated carbocycles. The predicted molar refractivity (Wildman–Crippen MR) is 150 cm³/mol. The first kappa shape index (κ1) is 27.1. The van der Waals surface area contributed by atoms with E-state index in [9.17, 15) is 0 Å². The first-order valence-electron chi connectivity index (χ1n) is 12.1. The molecular weight excluding hydrogens is 434 g/mol. The molecular formula is C35H26Li2. The third-order valence-electron chi connectivity index (χ3n) is 7.03. The van der Waals surface area contributed by atoms with E-state index in [-0.39, 0.29) is 37.7 Å². The molecule has 0 aromatic heterocycles. The molecule has 0 radical (unpaired) electrons. The number of benzene rings is 6. The fourth-order valence-corrected chi connectivity index (χ4v) is 5.65. The summed E-state index contributed by atoms with van der Waals surface area (Å²) >= 11 is 0. The summed E-state index contributed by atoms with van der Waals surface area (Å²) in [6.45, 7) is 6.67. The molecule has 0 bridgehead atoms. The largest absolute Gasteiger partial charge is 1.00 e. The van der Waals surface area contributed by atoms with Crippen molar-refractivity contribution in [3.05, 3.63) is 132 Å². The van der Waals surface area contributed by atoms with Gasteiger partial charge in [0.1, 0.15) is 0 Å². The number of hydrogen-bond donors (Lipinski definition) is 0. The van der Waals surface area contributed by atoms with Crippen LogP contribution in [0.1, 0.15) is 16.7 Å². The Kier molecular flexibility index (Phi) is 8.19. The average Bonchev–Trinajstić information content (AvgIpc) is 2.88. The molecule has 0 atom stereocenters. The molecule has 0 aliphatic heterocycles. The Morgan fingerprint density at radius 3 is 1.32 bits per heavy atom. The molecule has 6 aromatic carbocycles. The summed E-state index contributed by atoms with van der Waals surface area (Å²) in [7, 11) is 0. The predicted octanol–water partition coefficient (Wildman–Crippen LogP) is 3.53. The van der Waals surface area contributed by atoms with Gasteiger partial charge in [0.25, 0.3) is 0 Å². The van der Waals surface area contributed by atoms with Crippen molar-refractivity contribution in [2.24, 2.45) is 0 Å². The third kappa shape index (κ3) is 4.85. The van der Waals surface area contributed by atoms with E-state index in [1.54, 1.807) is 0 Å². The SMILES string of the molecule is Cc1cc(C)c(-c2c3cccc(-c4cc[c-]cc4)c3cc3c(-c4cc[c-]cc4)cccc23)c(C)c1.[Li+].[Li+]. The van der Waals surface area contributed by atoms with Gasteiger partial charge in [0.05, 0.1) is 0 Å². The second-order valence-corrected chi connectivity index (χ2v) is 9.40. The number of hydrogen-bond acceptors (Lipinski definition) is 0. The van der Waals surface area contributed by atoms with Crippen LogP contribution in [0.5, 0.6) is 0 Å². The summed E-state index contributed by atoms with van der Waals surface area (Å²) < 4.78 is 0. The van der Waals surface area contributed by atoms with Gasteiger partial charge in [-0.25, -0.2) is 0 Å². The topological polar surface area (TPSA) is 0 Å². The van der Waals surface area contributed by atoms with Crippen LogP contribution in [0, 0.1) is 32.9 Å². The van der Waals surface area contributed by atoms with Crippen molar-refractivity contribution in [2.45, 2.75) is 20.8 Å². The molecule has 0 amide bonds. The van der Waals surface area contributed by atoms with Gasteiger partial charge in [-0.2, -0.15) is 60.7 Å². The van der Waals surface area contributed by atoms with Crippen molar-refractivity contribution in [3.8, 4) is 33.4 Å². The van der Waals surface area contributed by atoms with Crippen LogP contribution in [-0.2, 0) is 0 Å². The summed E-state index contributed by atoms with van der Waals surface area (Å²) in [5, 5.41) is 5.12. The minimum Gasteiger partial charge on any atom is -0.184 e. The molecule has 0 aliphatic rings. The summed E-state index contributed by atoms with van der Waals surface area (Å²) in [4.78, 5) is 0. The van der Waals surface area contributed by atoms with Crippen molar-refractivity contribution >= 4 is 21.5 Å². The monoisotopic (exact) mass is 460 g/mol. The smallest absolute Gasteiger partial charge is 0.184 e. The van der Waals surface area contributed by atoms with Crippen molar-refractivity contribution < 1.29 is 37.7 Å². The molecule has 0 aliphatic carbocycles. The van der Waals surface area contributed by atoms with Crippen molar-refractivity contribution in [3.63, 3.8) is 0 Å². The summed E-state index contributed by atoms with van der Waals surface area (Å²) in [5.41, 5.74) is 11.5. The Morgan fingerprint density at radius 2 is 0.892 bits per heavy atom.